The van der Waals surface area contributed by atoms with Gasteiger partial charge in [0.15, 0.2) is 11.5 Å². The third-order valence-corrected chi connectivity index (χ3v) is 3.77. The monoisotopic (exact) mass is 278 g/mol. The van der Waals surface area contributed by atoms with Gasteiger partial charge in [-0.15, -0.1) is 0 Å². The van der Waals surface area contributed by atoms with E-state index in [1.165, 1.54) is 0 Å². The highest BCUT2D eigenvalue weighted by molar-refractivity contribution is 5.97. The van der Waals surface area contributed by atoms with Gasteiger partial charge >= 0.3 is 0 Å². The summed E-state index contributed by atoms with van der Waals surface area (Å²) in [4.78, 5) is 14.4. The summed E-state index contributed by atoms with van der Waals surface area (Å²) < 4.78 is 10.6. The lowest BCUT2D eigenvalue weighted by molar-refractivity contribution is 0.0704. The fourth-order valence-corrected chi connectivity index (χ4v) is 2.58. The first kappa shape index (κ1) is 14.7. The van der Waals surface area contributed by atoms with E-state index in [9.17, 15) is 4.79 Å². The third-order valence-electron chi connectivity index (χ3n) is 3.77. The highest BCUT2D eigenvalue weighted by atomic mass is 16.5. The van der Waals surface area contributed by atoms with E-state index in [1.54, 1.807) is 31.3 Å². The maximum atomic E-state index is 12.7. The number of ether oxygens (including phenoxy) is 2. The summed E-state index contributed by atoms with van der Waals surface area (Å²) >= 11 is 0. The van der Waals surface area contributed by atoms with Gasteiger partial charge in [0.05, 0.1) is 19.8 Å². The Labute approximate surface area is 119 Å². The van der Waals surface area contributed by atoms with Gasteiger partial charge in [0.1, 0.15) is 0 Å². The van der Waals surface area contributed by atoms with Crippen molar-refractivity contribution in [3.05, 3.63) is 23.8 Å². The summed E-state index contributed by atoms with van der Waals surface area (Å²) in [5.41, 5.74) is 0.542. The molecule has 110 valence electrons. The second-order valence-electron chi connectivity index (χ2n) is 4.96. The molecule has 1 saturated heterocycles. The Balaban J connectivity index is 2.23. The van der Waals surface area contributed by atoms with E-state index in [1.807, 2.05) is 13.1 Å². The van der Waals surface area contributed by atoms with Gasteiger partial charge in [-0.25, -0.2) is 0 Å². The van der Waals surface area contributed by atoms with Crippen LogP contribution < -0.4 is 14.8 Å². The highest BCUT2D eigenvalue weighted by Gasteiger charge is 2.25. The number of nitrogens with zero attached hydrogens (tertiary/aromatic N) is 1. The van der Waals surface area contributed by atoms with Crippen molar-refractivity contribution in [2.75, 3.05) is 34.4 Å². The maximum absolute atomic E-state index is 12.7. The van der Waals surface area contributed by atoms with Crippen molar-refractivity contribution in [1.29, 1.82) is 0 Å². The van der Waals surface area contributed by atoms with Crippen LogP contribution in [-0.4, -0.2) is 51.2 Å². The van der Waals surface area contributed by atoms with Crippen molar-refractivity contribution in [3.8, 4) is 11.5 Å². The van der Waals surface area contributed by atoms with Crippen LogP contribution in [0.2, 0.25) is 0 Å². The zero-order valence-corrected chi connectivity index (χ0v) is 12.3. The Kier molecular flexibility index (Phi) is 4.84. The van der Waals surface area contributed by atoms with Gasteiger partial charge in [-0.05, 0) is 31.5 Å². The predicted molar refractivity (Wildman–Crippen MR) is 77.5 cm³/mol. The zero-order valence-electron chi connectivity index (χ0n) is 12.3. The number of nitrogens with one attached hydrogen (secondary N) is 1. The molecule has 1 unspecified atom stereocenters. The van der Waals surface area contributed by atoms with Crippen LogP contribution in [0.1, 0.15) is 23.2 Å². The van der Waals surface area contributed by atoms with Gasteiger partial charge in [0, 0.05) is 19.6 Å². The number of carbonyl (C=O) groups is 1. The molecule has 1 aromatic carbocycles. The molecule has 0 aromatic heterocycles. The number of amides is 1. The van der Waals surface area contributed by atoms with Crippen LogP contribution in [-0.2, 0) is 0 Å². The maximum Gasteiger partial charge on any atom is 0.257 e. The van der Waals surface area contributed by atoms with E-state index in [0.717, 1.165) is 25.9 Å². The zero-order chi connectivity index (χ0) is 14.5. The topological polar surface area (TPSA) is 50.8 Å². The lowest BCUT2D eigenvalue weighted by Gasteiger charge is -2.32. The summed E-state index contributed by atoms with van der Waals surface area (Å²) in [7, 11) is 4.97. The lowest BCUT2D eigenvalue weighted by Crippen LogP contribution is -2.46. The summed E-state index contributed by atoms with van der Waals surface area (Å²) in [5.74, 6) is 1.04. The van der Waals surface area contributed by atoms with Gasteiger partial charge in [-0.2, -0.15) is 0 Å². The van der Waals surface area contributed by atoms with E-state index >= 15 is 0 Å². The van der Waals surface area contributed by atoms with Crippen LogP contribution in [0, 0.1) is 0 Å². The molecule has 2 rings (SSSR count). The van der Waals surface area contributed by atoms with Gasteiger partial charge in [0.2, 0.25) is 0 Å². The van der Waals surface area contributed by atoms with Crippen molar-refractivity contribution < 1.29 is 14.3 Å². The van der Waals surface area contributed by atoms with Crippen molar-refractivity contribution in [1.82, 2.24) is 10.2 Å². The molecule has 1 atom stereocenters. The predicted octanol–water partition coefficient (Wildman–Crippen LogP) is 1.53. The molecule has 1 amide bonds. The number of para-hydroxylation sites is 1. The van der Waals surface area contributed by atoms with Crippen LogP contribution >= 0.6 is 0 Å². The Morgan fingerprint density at radius 3 is 2.75 bits per heavy atom. The number of benzene rings is 1. The molecule has 1 fully saturated rings. The molecule has 1 aliphatic heterocycles. The second-order valence-corrected chi connectivity index (χ2v) is 4.96. The van der Waals surface area contributed by atoms with Crippen LogP contribution in [0.3, 0.4) is 0 Å². The second kappa shape index (κ2) is 6.61. The fraction of sp³-hybridized carbons (Fsp3) is 0.533. The first-order valence-corrected chi connectivity index (χ1v) is 6.88. The van der Waals surface area contributed by atoms with Crippen LogP contribution in [0.5, 0.6) is 11.5 Å². The average molecular weight is 278 g/mol. The van der Waals surface area contributed by atoms with Crippen LogP contribution in [0.25, 0.3) is 0 Å². The van der Waals surface area contributed by atoms with Gasteiger partial charge < -0.3 is 19.7 Å². The van der Waals surface area contributed by atoms with E-state index < -0.39 is 0 Å². The van der Waals surface area contributed by atoms with Crippen LogP contribution in [0.15, 0.2) is 18.2 Å². The lowest BCUT2D eigenvalue weighted by atomic mass is 10.0. The number of likely N-dealkylation sites (N-methyl/N-ethyl adjacent to an activating group) is 1. The molecule has 0 aliphatic carbocycles. The minimum atomic E-state index is -0.0329. The molecule has 0 spiro atoms. The molecule has 5 nitrogen and oxygen atoms in total. The minimum Gasteiger partial charge on any atom is -0.493 e. The van der Waals surface area contributed by atoms with Gasteiger partial charge in [-0.1, -0.05) is 6.07 Å². The molecule has 5 heteroatoms. The standard InChI is InChI=1S/C15H22N2O3/c1-17(11-6-5-9-16-10-11)15(18)12-7-4-8-13(19-2)14(12)20-3/h4,7-8,11,16H,5-6,9-10H2,1-3H3. The number of hydrogen-bond donors (Lipinski definition) is 1. The van der Waals surface area contributed by atoms with E-state index in [0.29, 0.717) is 17.1 Å². The normalized spacial score (nSPS) is 18.4. The number of piperidine rings is 1. The molecule has 1 aliphatic rings. The Morgan fingerprint density at radius 1 is 1.35 bits per heavy atom. The largest absolute Gasteiger partial charge is 0.493 e. The quantitative estimate of drug-likeness (QED) is 0.907. The van der Waals surface area contributed by atoms with Crippen molar-refractivity contribution >= 4 is 5.91 Å². The van der Waals surface area contributed by atoms with E-state index in [2.05, 4.69) is 5.32 Å². The van der Waals surface area contributed by atoms with E-state index in [-0.39, 0.29) is 11.9 Å². The highest BCUT2D eigenvalue weighted by Crippen LogP contribution is 2.31. The van der Waals surface area contributed by atoms with Crippen molar-refractivity contribution in [3.63, 3.8) is 0 Å². The van der Waals surface area contributed by atoms with E-state index in [4.69, 9.17) is 9.47 Å². The molecule has 1 aromatic rings. The molecular weight excluding hydrogens is 256 g/mol. The smallest absolute Gasteiger partial charge is 0.257 e. The summed E-state index contributed by atoms with van der Waals surface area (Å²) in [6.07, 6.45) is 2.12. The molecule has 0 radical (unpaired) electrons. The molecular formula is C15H22N2O3. The third kappa shape index (κ3) is 2.88. The van der Waals surface area contributed by atoms with Crippen molar-refractivity contribution in [2.24, 2.45) is 0 Å². The van der Waals surface area contributed by atoms with Gasteiger partial charge in [0.25, 0.3) is 5.91 Å². The molecule has 20 heavy (non-hydrogen) atoms. The number of hydrogen-bond acceptors (Lipinski definition) is 4. The number of carbonyl (C=O) groups excluding carboxylic acids is 1. The molecule has 0 saturated carbocycles. The average Bonchev–Trinajstić information content (AvgIpc) is 2.53. The molecule has 1 heterocycles. The van der Waals surface area contributed by atoms with Gasteiger partial charge in [-0.3, -0.25) is 4.79 Å². The van der Waals surface area contributed by atoms with Crippen LogP contribution in [0.4, 0.5) is 0 Å². The fourth-order valence-electron chi connectivity index (χ4n) is 2.58. The number of methoxy groups -OCH3 is 2. The summed E-state index contributed by atoms with van der Waals surface area (Å²) in [5, 5.41) is 3.32. The number of rotatable bonds is 4. The summed E-state index contributed by atoms with van der Waals surface area (Å²) in [6, 6.07) is 5.60. The first-order valence-electron chi connectivity index (χ1n) is 6.88. The summed E-state index contributed by atoms with van der Waals surface area (Å²) in [6.45, 7) is 1.87. The molecule has 1 N–H and O–H groups in total. The Hall–Kier alpha value is -1.75. The van der Waals surface area contributed by atoms with Crippen molar-refractivity contribution in [2.45, 2.75) is 18.9 Å². The molecule has 0 bridgehead atoms. The SMILES string of the molecule is COc1cccc(C(=O)N(C)C2CCCNC2)c1OC. The Bertz CT molecular complexity index is 470. The Morgan fingerprint density at radius 2 is 2.15 bits per heavy atom. The first-order chi connectivity index (χ1) is 9.69. The minimum absolute atomic E-state index is 0.0329.